The Morgan fingerprint density at radius 3 is 2.08 bits per heavy atom. The lowest BCUT2D eigenvalue weighted by Gasteiger charge is -2.27. The summed E-state index contributed by atoms with van der Waals surface area (Å²) in [4.78, 5) is 27.6. The summed E-state index contributed by atoms with van der Waals surface area (Å²) in [5.74, 6) is -0.0498. The van der Waals surface area contributed by atoms with Gasteiger partial charge in [-0.25, -0.2) is 0 Å². The molecule has 0 bridgehead atoms. The number of carbonyl (C=O) groups excluding carboxylic acids is 1. The molecule has 0 aliphatic rings. The van der Waals surface area contributed by atoms with Crippen LogP contribution in [0, 0.1) is 6.92 Å². The predicted octanol–water partition coefficient (Wildman–Crippen LogP) is 3.33. The van der Waals surface area contributed by atoms with Gasteiger partial charge in [0.25, 0.3) is 0 Å². The molecule has 40 heavy (non-hydrogen) atoms. The highest BCUT2D eigenvalue weighted by atomic mass is 16.5. The molecule has 1 heterocycles. The first-order chi connectivity index (χ1) is 19.0. The molecule has 2 aromatic carbocycles. The minimum atomic E-state index is -0.846. The zero-order valence-electron chi connectivity index (χ0n) is 23.7. The molecule has 1 amide bonds. The number of nitrogens with one attached hydrogen (secondary N) is 1. The summed E-state index contributed by atoms with van der Waals surface area (Å²) in [6.45, 7) is 1.80. The zero-order chi connectivity index (χ0) is 29.6. The fraction of sp³-hybridized carbons (Fsp3) is 0.379. The SMILES string of the molecule is COc1cc(C(CC(=O)NCC(c2cc(OC)c(OC)c(OC)c2)N(C)C)c2oc(C)cc(=O)c2O)ccc1O. The van der Waals surface area contributed by atoms with Crippen LogP contribution in [0.25, 0.3) is 0 Å². The Morgan fingerprint density at radius 1 is 0.925 bits per heavy atom. The lowest BCUT2D eigenvalue weighted by Crippen LogP contribution is -2.35. The molecule has 1 aromatic heterocycles. The number of aromatic hydroxyl groups is 2. The van der Waals surface area contributed by atoms with Gasteiger partial charge in [-0.15, -0.1) is 0 Å². The predicted molar refractivity (Wildman–Crippen MR) is 148 cm³/mol. The van der Waals surface area contributed by atoms with Crippen molar-refractivity contribution in [1.82, 2.24) is 10.2 Å². The normalized spacial score (nSPS) is 12.5. The summed E-state index contributed by atoms with van der Waals surface area (Å²) in [7, 11) is 9.75. The van der Waals surface area contributed by atoms with Crippen molar-refractivity contribution < 1.29 is 38.4 Å². The fourth-order valence-corrected chi connectivity index (χ4v) is 4.50. The molecular weight excluding hydrogens is 520 g/mol. The Bertz CT molecular complexity index is 1380. The molecule has 2 unspecified atom stereocenters. The fourth-order valence-electron chi connectivity index (χ4n) is 4.50. The van der Waals surface area contributed by atoms with Gasteiger partial charge in [-0.05, 0) is 56.4 Å². The summed E-state index contributed by atoms with van der Waals surface area (Å²) in [5, 5.41) is 23.6. The second-order valence-electron chi connectivity index (χ2n) is 9.36. The third-order valence-electron chi connectivity index (χ3n) is 6.57. The summed E-state index contributed by atoms with van der Waals surface area (Å²) in [6, 6.07) is 9.08. The van der Waals surface area contributed by atoms with E-state index in [9.17, 15) is 19.8 Å². The number of ether oxygens (including phenoxy) is 4. The number of likely N-dealkylation sites (N-methyl/N-ethyl adjacent to an activating group) is 1. The molecule has 11 heteroatoms. The van der Waals surface area contributed by atoms with Crippen molar-refractivity contribution in [2.75, 3.05) is 49.1 Å². The van der Waals surface area contributed by atoms with Gasteiger partial charge in [-0.2, -0.15) is 0 Å². The van der Waals surface area contributed by atoms with Crippen LogP contribution >= 0.6 is 0 Å². The van der Waals surface area contributed by atoms with Crippen LogP contribution in [0.1, 0.15) is 41.0 Å². The van der Waals surface area contributed by atoms with Crippen LogP contribution in [-0.2, 0) is 4.79 Å². The number of aryl methyl sites for hydroxylation is 1. The Morgan fingerprint density at radius 2 is 1.52 bits per heavy atom. The Hall–Kier alpha value is -4.38. The third kappa shape index (κ3) is 6.60. The highest BCUT2D eigenvalue weighted by Crippen LogP contribution is 2.41. The molecule has 0 aliphatic carbocycles. The van der Waals surface area contributed by atoms with E-state index in [1.54, 1.807) is 13.0 Å². The number of methoxy groups -OCH3 is 4. The van der Waals surface area contributed by atoms with Crippen molar-refractivity contribution in [3.05, 3.63) is 69.3 Å². The maximum atomic E-state index is 13.3. The van der Waals surface area contributed by atoms with E-state index in [4.69, 9.17) is 23.4 Å². The summed E-state index contributed by atoms with van der Waals surface area (Å²) in [5.41, 5.74) is 0.703. The largest absolute Gasteiger partial charge is 0.504 e. The van der Waals surface area contributed by atoms with E-state index >= 15 is 0 Å². The first-order valence-corrected chi connectivity index (χ1v) is 12.5. The number of hydrogen-bond donors (Lipinski definition) is 3. The number of amides is 1. The number of rotatable bonds is 12. The van der Waals surface area contributed by atoms with Crippen LogP contribution in [0.4, 0.5) is 0 Å². The van der Waals surface area contributed by atoms with Crippen LogP contribution < -0.4 is 29.7 Å². The minimum Gasteiger partial charge on any atom is -0.504 e. The number of hydrogen-bond acceptors (Lipinski definition) is 10. The van der Waals surface area contributed by atoms with Gasteiger partial charge in [0, 0.05) is 19.0 Å². The minimum absolute atomic E-state index is 0.0540. The van der Waals surface area contributed by atoms with Crippen molar-refractivity contribution in [2.24, 2.45) is 0 Å². The molecule has 3 N–H and O–H groups in total. The van der Waals surface area contributed by atoms with E-state index < -0.39 is 17.1 Å². The summed E-state index contributed by atoms with van der Waals surface area (Å²) < 4.78 is 27.3. The monoisotopic (exact) mass is 556 g/mol. The van der Waals surface area contributed by atoms with E-state index in [2.05, 4.69) is 5.32 Å². The lowest BCUT2D eigenvalue weighted by atomic mass is 9.91. The molecule has 0 saturated carbocycles. The van der Waals surface area contributed by atoms with Crippen molar-refractivity contribution >= 4 is 5.91 Å². The van der Waals surface area contributed by atoms with Crippen LogP contribution in [-0.4, -0.2) is 70.1 Å². The van der Waals surface area contributed by atoms with E-state index in [1.165, 1.54) is 46.6 Å². The van der Waals surface area contributed by atoms with Crippen molar-refractivity contribution in [3.63, 3.8) is 0 Å². The molecule has 11 nitrogen and oxygen atoms in total. The molecule has 0 saturated heterocycles. The van der Waals surface area contributed by atoms with Gasteiger partial charge >= 0.3 is 0 Å². The Balaban J connectivity index is 1.93. The van der Waals surface area contributed by atoms with E-state index in [0.29, 0.717) is 22.8 Å². The van der Waals surface area contributed by atoms with E-state index in [-0.39, 0.29) is 47.9 Å². The summed E-state index contributed by atoms with van der Waals surface area (Å²) >= 11 is 0. The van der Waals surface area contributed by atoms with Crippen molar-refractivity contribution in [1.29, 1.82) is 0 Å². The smallest absolute Gasteiger partial charge is 0.227 e. The number of carbonyl (C=O) groups is 1. The van der Waals surface area contributed by atoms with Crippen LogP contribution in [0.15, 0.2) is 45.6 Å². The molecule has 0 aliphatic heterocycles. The van der Waals surface area contributed by atoms with Gasteiger partial charge in [0.05, 0.1) is 40.4 Å². The van der Waals surface area contributed by atoms with Crippen molar-refractivity contribution in [3.8, 4) is 34.5 Å². The summed E-state index contributed by atoms with van der Waals surface area (Å²) in [6.07, 6.45) is -0.163. The Labute approximate surface area is 232 Å². The molecule has 0 spiro atoms. The highest BCUT2D eigenvalue weighted by Gasteiger charge is 2.28. The van der Waals surface area contributed by atoms with Gasteiger partial charge in [-0.3, -0.25) is 9.59 Å². The van der Waals surface area contributed by atoms with Crippen LogP contribution in [0.5, 0.6) is 34.5 Å². The van der Waals surface area contributed by atoms with E-state index in [0.717, 1.165) is 5.56 Å². The topological polar surface area (TPSA) is 140 Å². The van der Waals surface area contributed by atoms with Gasteiger partial charge < -0.3 is 43.8 Å². The maximum absolute atomic E-state index is 13.3. The van der Waals surface area contributed by atoms with Gasteiger partial charge in [0.2, 0.25) is 22.8 Å². The van der Waals surface area contributed by atoms with Crippen molar-refractivity contribution in [2.45, 2.75) is 25.3 Å². The quantitative estimate of drug-likeness (QED) is 0.304. The van der Waals surface area contributed by atoms with Gasteiger partial charge in [0.1, 0.15) is 5.76 Å². The third-order valence-corrected chi connectivity index (χ3v) is 6.57. The number of phenolic OH excluding ortho intramolecular Hbond substituents is 1. The molecule has 0 radical (unpaired) electrons. The first-order valence-electron chi connectivity index (χ1n) is 12.5. The number of nitrogens with zero attached hydrogens (tertiary/aromatic N) is 1. The average molecular weight is 557 g/mol. The van der Waals surface area contributed by atoms with Crippen LogP contribution in [0.3, 0.4) is 0 Å². The molecule has 2 atom stereocenters. The molecule has 0 fully saturated rings. The second kappa shape index (κ2) is 13.1. The standard InChI is InChI=1S/C29H36N2O9/c1-16-10-22(33)27(35)28(40-16)19(17-8-9-21(32)23(11-17)36-4)14-26(34)30-15-20(31(2)3)18-12-24(37-5)29(39-7)25(13-18)38-6/h8-13,19-20,32,35H,14-15H2,1-7H3,(H,30,34). The molecule has 3 rings (SSSR count). The van der Waals surface area contributed by atoms with Gasteiger partial charge in [-0.1, -0.05) is 6.07 Å². The zero-order valence-corrected chi connectivity index (χ0v) is 23.7. The van der Waals surface area contributed by atoms with Gasteiger partial charge in [0.15, 0.2) is 28.8 Å². The van der Waals surface area contributed by atoms with E-state index in [1.807, 2.05) is 31.1 Å². The Kier molecular flexibility index (Phi) is 9.89. The maximum Gasteiger partial charge on any atom is 0.227 e. The highest BCUT2D eigenvalue weighted by molar-refractivity contribution is 5.77. The first kappa shape index (κ1) is 30.2. The average Bonchev–Trinajstić information content (AvgIpc) is 2.93. The lowest BCUT2D eigenvalue weighted by molar-refractivity contribution is -0.121. The number of benzene rings is 2. The van der Waals surface area contributed by atoms with Crippen LogP contribution in [0.2, 0.25) is 0 Å². The molecule has 3 aromatic rings. The second-order valence-corrected chi connectivity index (χ2v) is 9.36. The molecule has 216 valence electrons. The number of phenols is 1. The molecular formula is C29H36N2O9.